The van der Waals surface area contributed by atoms with Gasteiger partial charge < -0.3 is 5.32 Å². The van der Waals surface area contributed by atoms with E-state index in [1.54, 1.807) is 30.6 Å². The van der Waals surface area contributed by atoms with Gasteiger partial charge in [-0.2, -0.15) is 5.10 Å². The third-order valence-electron chi connectivity index (χ3n) is 4.56. The summed E-state index contributed by atoms with van der Waals surface area (Å²) in [6, 6.07) is 8.05. The summed E-state index contributed by atoms with van der Waals surface area (Å²) in [6.07, 6.45) is 5.62. The van der Waals surface area contributed by atoms with Crippen LogP contribution in [-0.2, 0) is 0 Å². The minimum atomic E-state index is -0.387. The first-order valence-corrected chi connectivity index (χ1v) is 8.03. The lowest BCUT2D eigenvalue weighted by Gasteiger charge is -2.15. The molecule has 0 aliphatic heterocycles. The molecule has 6 heteroatoms. The first-order chi connectivity index (χ1) is 11.6. The monoisotopic (exact) mass is 324 g/mol. The topological polar surface area (TPSA) is 59.8 Å². The van der Waals surface area contributed by atoms with Crippen LogP contribution in [0.5, 0.6) is 0 Å². The Labute approximate surface area is 138 Å². The van der Waals surface area contributed by atoms with Gasteiger partial charge in [0, 0.05) is 17.6 Å². The first kappa shape index (κ1) is 14.8. The Balaban J connectivity index is 1.66. The quantitative estimate of drug-likeness (QED) is 0.794. The molecule has 1 aromatic carbocycles. The number of carbonyl (C=O) groups excluding carboxylic acids is 1. The molecule has 1 unspecified atom stereocenters. The van der Waals surface area contributed by atoms with Crippen LogP contribution in [-0.4, -0.2) is 20.7 Å². The van der Waals surface area contributed by atoms with Crippen molar-refractivity contribution in [1.82, 2.24) is 14.8 Å². The molecule has 0 bridgehead atoms. The Kier molecular flexibility index (Phi) is 3.52. The maximum Gasteiger partial charge on any atom is 0.259 e. The third kappa shape index (κ3) is 2.54. The summed E-state index contributed by atoms with van der Waals surface area (Å²) >= 11 is 0. The predicted molar refractivity (Wildman–Crippen MR) is 89.3 cm³/mol. The minimum absolute atomic E-state index is 0.249. The molecule has 0 radical (unpaired) electrons. The van der Waals surface area contributed by atoms with E-state index in [-0.39, 0.29) is 17.8 Å². The summed E-state index contributed by atoms with van der Waals surface area (Å²) in [4.78, 5) is 16.8. The van der Waals surface area contributed by atoms with Crippen molar-refractivity contribution >= 4 is 22.6 Å². The van der Waals surface area contributed by atoms with Gasteiger partial charge in [-0.05, 0) is 49.9 Å². The van der Waals surface area contributed by atoms with Gasteiger partial charge in [0.1, 0.15) is 11.6 Å². The van der Waals surface area contributed by atoms with Crippen molar-refractivity contribution in [3.05, 3.63) is 54.1 Å². The fraction of sp³-hybridized carbons (Fsp3) is 0.278. The smallest absolute Gasteiger partial charge is 0.259 e. The van der Waals surface area contributed by atoms with Crippen LogP contribution in [0.25, 0.3) is 10.9 Å². The second kappa shape index (κ2) is 5.70. The maximum atomic E-state index is 13.9. The summed E-state index contributed by atoms with van der Waals surface area (Å²) in [5.74, 6) is 0.562. The zero-order valence-corrected chi connectivity index (χ0v) is 13.2. The fourth-order valence-corrected chi connectivity index (χ4v) is 3.02. The Morgan fingerprint density at radius 3 is 2.92 bits per heavy atom. The highest BCUT2D eigenvalue weighted by molar-refractivity contribution is 6.11. The van der Waals surface area contributed by atoms with E-state index in [0.717, 1.165) is 0 Å². The average molecular weight is 324 g/mol. The predicted octanol–water partition coefficient (Wildman–Crippen LogP) is 3.79. The molecular weight excluding hydrogens is 307 g/mol. The first-order valence-electron chi connectivity index (χ1n) is 8.03. The van der Waals surface area contributed by atoms with Crippen LogP contribution in [0.3, 0.4) is 0 Å². The van der Waals surface area contributed by atoms with Crippen molar-refractivity contribution in [2.24, 2.45) is 5.92 Å². The number of hydrogen-bond donors (Lipinski definition) is 1. The molecule has 0 spiro atoms. The van der Waals surface area contributed by atoms with Crippen LogP contribution in [0, 0.1) is 11.7 Å². The molecule has 4 rings (SSSR count). The third-order valence-corrected chi connectivity index (χ3v) is 4.56. The van der Waals surface area contributed by atoms with Crippen LogP contribution >= 0.6 is 0 Å². The molecule has 24 heavy (non-hydrogen) atoms. The number of rotatable bonds is 4. The minimum Gasteiger partial charge on any atom is -0.307 e. The second-order valence-corrected chi connectivity index (χ2v) is 6.19. The molecular formula is C18H17FN4O. The zero-order chi connectivity index (χ0) is 16.7. The molecule has 2 aromatic heterocycles. The number of fused-ring (bicyclic) bond motifs is 1. The Hall–Kier alpha value is -2.76. The van der Waals surface area contributed by atoms with Crippen molar-refractivity contribution in [3.63, 3.8) is 0 Å². The molecule has 1 aliphatic rings. The maximum absolute atomic E-state index is 13.9. The number of carbonyl (C=O) groups is 1. The lowest BCUT2D eigenvalue weighted by molar-refractivity contribution is 0.102. The lowest BCUT2D eigenvalue weighted by atomic mass is 10.1. The number of nitrogens with one attached hydrogen (secondary N) is 1. The van der Waals surface area contributed by atoms with Crippen LogP contribution in [0.2, 0.25) is 0 Å². The standard InChI is InChI=1S/C18H17FN4O/c1-11(12-4-5-12)23-16(8-10-21-23)22-18(24)14-6-7-15(19)13-3-2-9-20-17(13)14/h2-3,6-12H,4-5H2,1H3,(H,22,24). The van der Waals surface area contributed by atoms with Crippen LogP contribution in [0.4, 0.5) is 10.2 Å². The number of nitrogens with zero attached hydrogens (tertiary/aromatic N) is 3. The molecule has 1 N–H and O–H groups in total. The van der Waals surface area contributed by atoms with Gasteiger partial charge in [-0.15, -0.1) is 0 Å². The largest absolute Gasteiger partial charge is 0.307 e. The van der Waals surface area contributed by atoms with Crippen molar-refractivity contribution < 1.29 is 9.18 Å². The molecule has 1 aliphatic carbocycles. The number of pyridine rings is 1. The molecule has 1 atom stereocenters. The van der Waals surface area contributed by atoms with E-state index < -0.39 is 0 Å². The molecule has 1 fully saturated rings. The Morgan fingerprint density at radius 2 is 2.12 bits per heavy atom. The number of anilines is 1. The SMILES string of the molecule is CC(C1CC1)n1nccc1NC(=O)c1ccc(F)c2cccnc12. The van der Waals surface area contributed by atoms with E-state index >= 15 is 0 Å². The van der Waals surface area contributed by atoms with E-state index in [2.05, 4.69) is 22.3 Å². The van der Waals surface area contributed by atoms with E-state index in [4.69, 9.17) is 0 Å². The zero-order valence-electron chi connectivity index (χ0n) is 13.2. The fourth-order valence-electron chi connectivity index (χ4n) is 3.02. The molecule has 3 aromatic rings. The highest BCUT2D eigenvalue weighted by atomic mass is 19.1. The second-order valence-electron chi connectivity index (χ2n) is 6.19. The summed E-state index contributed by atoms with van der Waals surface area (Å²) < 4.78 is 15.7. The molecule has 1 saturated carbocycles. The van der Waals surface area contributed by atoms with E-state index in [0.29, 0.717) is 28.2 Å². The number of benzene rings is 1. The van der Waals surface area contributed by atoms with Crippen LogP contribution in [0.15, 0.2) is 42.7 Å². The summed E-state index contributed by atoms with van der Waals surface area (Å²) in [7, 11) is 0. The van der Waals surface area contributed by atoms with Gasteiger partial charge in [-0.1, -0.05) is 0 Å². The number of aromatic nitrogens is 3. The van der Waals surface area contributed by atoms with Crippen LogP contribution < -0.4 is 5.32 Å². The van der Waals surface area contributed by atoms with E-state index in [1.165, 1.54) is 25.0 Å². The van der Waals surface area contributed by atoms with Gasteiger partial charge in [-0.3, -0.25) is 9.78 Å². The van der Waals surface area contributed by atoms with Crippen LogP contribution in [0.1, 0.15) is 36.2 Å². The molecule has 5 nitrogen and oxygen atoms in total. The van der Waals surface area contributed by atoms with Gasteiger partial charge in [0.25, 0.3) is 5.91 Å². The van der Waals surface area contributed by atoms with Crippen molar-refractivity contribution in [1.29, 1.82) is 0 Å². The number of halogens is 1. The van der Waals surface area contributed by atoms with Gasteiger partial charge in [0.2, 0.25) is 0 Å². The van der Waals surface area contributed by atoms with Crippen molar-refractivity contribution in [2.45, 2.75) is 25.8 Å². The van der Waals surface area contributed by atoms with Crippen molar-refractivity contribution in [2.75, 3.05) is 5.32 Å². The van der Waals surface area contributed by atoms with Gasteiger partial charge in [0.15, 0.2) is 0 Å². The normalized spacial score (nSPS) is 15.4. The van der Waals surface area contributed by atoms with E-state index in [1.807, 2.05) is 4.68 Å². The summed E-state index contributed by atoms with van der Waals surface area (Å²) in [5.41, 5.74) is 0.704. The molecule has 122 valence electrons. The highest BCUT2D eigenvalue weighted by Crippen LogP contribution is 2.40. The summed E-state index contributed by atoms with van der Waals surface area (Å²) in [6.45, 7) is 2.11. The molecule has 2 heterocycles. The Bertz CT molecular complexity index is 916. The number of amides is 1. The highest BCUT2D eigenvalue weighted by Gasteiger charge is 2.31. The number of hydrogen-bond acceptors (Lipinski definition) is 3. The average Bonchev–Trinajstić information content (AvgIpc) is 3.34. The lowest BCUT2D eigenvalue weighted by Crippen LogP contribution is -2.19. The van der Waals surface area contributed by atoms with Gasteiger partial charge in [0.05, 0.1) is 23.3 Å². The van der Waals surface area contributed by atoms with Gasteiger partial charge >= 0.3 is 0 Å². The Morgan fingerprint density at radius 1 is 1.29 bits per heavy atom. The molecule has 1 amide bonds. The summed E-state index contributed by atoms with van der Waals surface area (Å²) in [5, 5.41) is 7.55. The van der Waals surface area contributed by atoms with E-state index in [9.17, 15) is 9.18 Å². The molecule has 0 saturated heterocycles. The van der Waals surface area contributed by atoms with Crippen molar-refractivity contribution in [3.8, 4) is 0 Å². The van der Waals surface area contributed by atoms with Gasteiger partial charge in [-0.25, -0.2) is 9.07 Å².